The van der Waals surface area contributed by atoms with E-state index in [1.54, 1.807) is 0 Å². The van der Waals surface area contributed by atoms with Crippen LogP contribution in [0.1, 0.15) is 52.1 Å². The van der Waals surface area contributed by atoms with Gasteiger partial charge in [0.25, 0.3) is 10.1 Å². The molecule has 5 nitrogen and oxygen atoms in total. The fraction of sp³-hybridized carbons (Fsp3) is 0.545. The van der Waals surface area contributed by atoms with Crippen LogP contribution in [0.4, 0.5) is 0 Å². The van der Waals surface area contributed by atoms with Crippen LogP contribution in [0.2, 0.25) is 0 Å². The topological polar surface area (TPSA) is 84.3 Å². The van der Waals surface area contributed by atoms with Crippen molar-refractivity contribution in [3.8, 4) is 0 Å². The quantitative estimate of drug-likeness (QED) is 0.762. The Balaban J connectivity index is 0.000000162. The van der Waals surface area contributed by atoms with Crippen molar-refractivity contribution in [1.29, 1.82) is 0 Å². The van der Waals surface area contributed by atoms with E-state index in [1.165, 1.54) is 11.1 Å². The van der Waals surface area contributed by atoms with Gasteiger partial charge in [0.1, 0.15) is 5.78 Å². The van der Waals surface area contributed by atoms with Crippen LogP contribution in [0.5, 0.6) is 0 Å². The first-order valence-electron chi connectivity index (χ1n) is 9.92. The van der Waals surface area contributed by atoms with Gasteiger partial charge >= 0.3 is 0 Å². The normalized spacial score (nSPS) is 25.6. The third kappa shape index (κ3) is 3.85. The van der Waals surface area contributed by atoms with Gasteiger partial charge in [-0.1, -0.05) is 51.5 Å². The predicted octanol–water partition coefficient (Wildman–Crippen LogP) is 4.46. The van der Waals surface area contributed by atoms with Gasteiger partial charge in [0.05, 0.1) is 16.7 Å². The van der Waals surface area contributed by atoms with E-state index in [4.69, 9.17) is 4.55 Å². The molecule has 0 spiro atoms. The van der Waals surface area contributed by atoms with Crippen LogP contribution in [0.3, 0.4) is 0 Å². The van der Waals surface area contributed by atoms with Gasteiger partial charge in [0, 0.05) is 17.5 Å². The number of ketones is 1. The van der Waals surface area contributed by atoms with Gasteiger partial charge in [-0.05, 0) is 42.7 Å². The summed E-state index contributed by atoms with van der Waals surface area (Å²) in [4.78, 5) is 16.4. The predicted molar refractivity (Wildman–Crippen MR) is 111 cm³/mol. The molecule has 1 heterocycles. The van der Waals surface area contributed by atoms with Gasteiger partial charge in [0.15, 0.2) is 0 Å². The number of nitrogens with zero attached hydrogens (tertiary/aromatic N) is 1. The van der Waals surface area contributed by atoms with Crippen molar-refractivity contribution in [3.63, 3.8) is 0 Å². The van der Waals surface area contributed by atoms with Gasteiger partial charge in [-0.15, -0.1) is 0 Å². The highest BCUT2D eigenvalue weighted by molar-refractivity contribution is 7.85. The Morgan fingerprint density at radius 1 is 1.18 bits per heavy atom. The molecular formula is C22H29NO4S. The number of hydrogen-bond donors (Lipinski definition) is 1. The lowest BCUT2D eigenvalue weighted by Crippen LogP contribution is -2.42. The number of aromatic nitrogens is 1. The van der Waals surface area contributed by atoms with Crippen LogP contribution in [-0.4, -0.2) is 29.5 Å². The molecule has 2 atom stereocenters. The highest BCUT2D eigenvalue weighted by Crippen LogP contribution is 2.64. The Labute approximate surface area is 167 Å². The zero-order valence-corrected chi connectivity index (χ0v) is 17.6. The van der Waals surface area contributed by atoms with E-state index in [9.17, 15) is 13.2 Å². The summed E-state index contributed by atoms with van der Waals surface area (Å²) in [5.74, 6) is -0.101. The zero-order valence-electron chi connectivity index (χ0n) is 16.8. The van der Waals surface area contributed by atoms with E-state index >= 15 is 0 Å². The van der Waals surface area contributed by atoms with Gasteiger partial charge in [-0.2, -0.15) is 8.42 Å². The summed E-state index contributed by atoms with van der Waals surface area (Å²) in [5.41, 5.74) is 1.18. The Morgan fingerprint density at radius 2 is 1.89 bits per heavy atom. The fourth-order valence-electron chi connectivity index (χ4n) is 4.92. The smallest absolute Gasteiger partial charge is 0.265 e. The molecule has 2 fully saturated rings. The molecule has 2 aromatic rings. The first-order valence-corrected chi connectivity index (χ1v) is 11.5. The SMILES string of the molecule is CC1(C)[C@H]2CC[C@]1(CS(=O)(=O)O)C(=O)C2.CCCc1ccc2ccccc2n1. The van der Waals surface area contributed by atoms with Crippen molar-refractivity contribution < 1.29 is 17.8 Å². The molecule has 1 aromatic heterocycles. The maximum Gasteiger partial charge on any atom is 0.265 e. The molecule has 28 heavy (non-hydrogen) atoms. The molecule has 2 bridgehead atoms. The molecule has 0 aliphatic heterocycles. The molecule has 1 aromatic carbocycles. The van der Waals surface area contributed by atoms with Crippen molar-refractivity contribution in [3.05, 3.63) is 42.1 Å². The van der Waals surface area contributed by atoms with E-state index in [-0.39, 0.29) is 17.1 Å². The van der Waals surface area contributed by atoms with E-state index in [2.05, 4.69) is 36.2 Å². The lowest BCUT2D eigenvalue weighted by molar-refractivity contribution is -0.128. The number of benzene rings is 1. The molecule has 152 valence electrons. The number of hydrogen-bond acceptors (Lipinski definition) is 4. The van der Waals surface area contributed by atoms with Crippen molar-refractivity contribution in [1.82, 2.24) is 4.98 Å². The number of para-hydroxylation sites is 1. The number of rotatable bonds is 4. The third-order valence-electron chi connectivity index (χ3n) is 6.73. The Morgan fingerprint density at radius 3 is 2.46 bits per heavy atom. The highest BCUT2D eigenvalue weighted by atomic mass is 32.2. The van der Waals surface area contributed by atoms with Crippen molar-refractivity contribution in [2.45, 2.75) is 52.9 Å². The van der Waals surface area contributed by atoms with E-state index < -0.39 is 21.3 Å². The maximum absolute atomic E-state index is 11.9. The average Bonchev–Trinajstić information content (AvgIpc) is 2.95. The van der Waals surface area contributed by atoms with E-state index in [0.29, 0.717) is 12.8 Å². The molecule has 0 unspecified atom stereocenters. The van der Waals surface area contributed by atoms with Crippen LogP contribution in [-0.2, 0) is 21.3 Å². The number of Topliss-reactive ketones (excluding diaryl/α,β-unsaturated/α-hetero) is 1. The number of fused-ring (bicyclic) bond motifs is 3. The van der Waals surface area contributed by atoms with Crippen LogP contribution in [0, 0.1) is 16.7 Å². The molecule has 0 radical (unpaired) electrons. The second-order valence-corrected chi connectivity index (χ2v) is 10.1. The minimum Gasteiger partial charge on any atom is -0.299 e. The zero-order chi connectivity index (χ0) is 20.6. The van der Waals surface area contributed by atoms with Gasteiger partial charge in [-0.3, -0.25) is 14.3 Å². The summed E-state index contributed by atoms with van der Waals surface area (Å²) in [6, 6.07) is 12.5. The Kier molecular flexibility index (Phi) is 5.65. The van der Waals surface area contributed by atoms with Gasteiger partial charge < -0.3 is 0 Å². The lowest BCUT2D eigenvalue weighted by atomic mass is 9.70. The summed E-state index contributed by atoms with van der Waals surface area (Å²) in [7, 11) is -4.08. The molecule has 6 heteroatoms. The average molecular weight is 404 g/mol. The van der Waals surface area contributed by atoms with Crippen molar-refractivity contribution >= 4 is 26.8 Å². The molecule has 0 saturated heterocycles. The Bertz CT molecular complexity index is 983. The Hall–Kier alpha value is -1.79. The molecule has 2 aliphatic rings. The largest absolute Gasteiger partial charge is 0.299 e. The fourth-order valence-corrected chi connectivity index (χ4v) is 6.22. The molecule has 4 rings (SSSR count). The first-order chi connectivity index (χ1) is 13.1. The summed E-state index contributed by atoms with van der Waals surface area (Å²) < 4.78 is 31.0. The lowest BCUT2D eigenvalue weighted by Gasteiger charge is -2.35. The van der Waals surface area contributed by atoms with Crippen LogP contribution >= 0.6 is 0 Å². The molecule has 0 amide bonds. The number of carbonyl (C=O) groups is 1. The second kappa shape index (κ2) is 7.56. The maximum atomic E-state index is 11.9. The highest BCUT2D eigenvalue weighted by Gasteiger charge is 2.65. The summed E-state index contributed by atoms with van der Waals surface area (Å²) in [5, 5.41) is 1.22. The van der Waals surface area contributed by atoms with Crippen LogP contribution in [0.25, 0.3) is 10.9 Å². The summed E-state index contributed by atoms with van der Waals surface area (Å²) in [6.07, 6.45) is 4.20. The van der Waals surface area contributed by atoms with Crippen molar-refractivity contribution in [2.75, 3.05) is 5.75 Å². The van der Waals surface area contributed by atoms with Crippen LogP contribution < -0.4 is 0 Å². The minimum atomic E-state index is -4.08. The molecule has 1 N–H and O–H groups in total. The van der Waals surface area contributed by atoms with Gasteiger partial charge in [0.2, 0.25) is 0 Å². The second-order valence-electron chi connectivity index (χ2n) is 8.64. The van der Waals surface area contributed by atoms with Crippen LogP contribution in [0.15, 0.2) is 36.4 Å². The van der Waals surface area contributed by atoms with E-state index in [0.717, 1.165) is 24.8 Å². The third-order valence-corrected chi connectivity index (χ3v) is 7.59. The standard InChI is InChI=1S/C12H13N.C10H16O4S/c1-2-5-11-9-8-10-6-3-4-7-12(10)13-11;1-9(2)7-3-4-10(9,8(11)5-7)6-15(12,13)14/h3-4,6-9H,2,5H2,1H3;7H,3-6H2,1-2H3,(H,12,13,14)/t;7-,10-/m.0/s1. The number of pyridine rings is 1. The monoisotopic (exact) mass is 403 g/mol. The number of aryl methyl sites for hydroxylation is 1. The minimum absolute atomic E-state index is 0.0152. The molecule has 2 aliphatic carbocycles. The van der Waals surface area contributed by atoms with E-state index in [1.807, 2.05) is 26.0 Å². The van der Waals surface area contributed by atoms with Gasteiger partial charge in [-0.25, -0.2) is 0 Å². The first kappa shape index (κ1) is 20.9. The summed E-state index contributed by atoms with van der Waals surface area (Å²) >= 11 is 0. The molecular weight excluding hydrogens is 374 g/mol. The summed E-state index contributed by atoms with van der Waals surface area (Å²) in [6.45, 7) is 6.07. The molecule has 2 saturated carbocycles. The number of carbonyl (C=O) groups excluding carboxylic acids is 1. The van der Waals surface area contributed by atoms with Crippen molar-refractivity contribution in [2.24, 2.45) is 16.7 Å².